The van der Waals surface area contributed by atoms with Gasteiger partial charge in [-0.1, -0.05) is 17.7 Å². The number of hydrogen-bond donors (Lipinski definition) is 2. The molecule has 0 atom stereocenters. The van der Waals surface area contributed by atoms with Crippen LogP contribution in [0.1, 0.15) is 37.7 Å². The summed E-state index contributed by atoms with van der Waals surface area (Å²) in [5.74, 6) is -0.561. The Morgan fingerprint density at radius 2 is 1.94 bits per heavy atom. The molecular formula is C27H31ClFN3O2. The van der Waals surface area contributed by atoms with Crippen molar-refractivity contribution in [1.29, 1.82) is 0 Å². The average Bonchev–Trinajstić information content (AvgIpc) is 2.83. The maximum atomic E-state index is 14.1. The molecule has 1 fully saturated rings. The van der Waals surface area contributed by atoms with Gasteiger partial charge in [0.15, 0.2) is 11.6 Å². The van der Waals surface area contributed by atoms with Crippen molar-refractivity contribution in [2.24, 2.45) is 5.92 Å². The predicted octanol–water partition coefficient (Wildman–Crippen LogP) is 6.06. The number of pyridine rings is 1. The monoisotopic (exact) mass is 483 g/mol. The average molecular weight is 484 g/mol. The number of aromatic hydroxyl groups is 1. The van der Waals surface area contributed by atoms with Gasteiger partial charge in [0, 0.05) is 35.3 Å². The van der Waals surface area contributed by atoms with Crippen LogP contribution in [0, 0.1) is 11.7 Å². The molecule has 1 aliphatic carbocycles. The van der Waals surface area contributed by atoms with E-state index in [0.29, 0.717) is 11.6 Å². The molecule has 0 radical (unpaired) electrons. The first-order valence-corrected chi connectivity index (χ1v) is 12.2. The molecule has 1 heterocycles. The summed E-state index contributed by atoms with van der Waals surface area (Å²) in [6.07, 6.45) is 8.70. The van der Waals surface area contributed by atoms with Gasteiger partial charge < -0.3 is 20.1 Å². The fraction of sp³-hybridized carbons (Fsp3) is 0.407. The highest BCUT2D eigenvalue weighted by molar-refractivity contribution is 6.32. The van der Waals surface area contributed by atoms with Gasteiger partial charge in [0.2, 0.25) is 0 Å². The molecule has 0 saturated heterocycles. The number of halogens is 2. The third-order valence-electron chi connectivity index (χ3n) is 6.78. The molecule has 0 spiro atoms. The Kier molecular flexibility index (Phi) is 7.69. The molecule has 0 bridgehead atoms. The predicted molar refractivity (Wildman–Crippen MR) is 136 cm³/mol. The van der Waals surface area contributed by atoms with Crippen LogP contribution < -0.4 is 5.32 Å². The van der Waals surface area contributed by atoms with Gasteiger partial charge in [-0.15, -0.1) is 0 Å². The first kappa shape index (κ1) is 24.4. The largest absolute Gasteiger partial charge is 0.504 e. The molecule has 2 aromatic carbocycles. The Labute approximate surface area is 204 Å². The van der Waals surface area contributed by atoms with Crippen molar-refractivity contribution in [2.45, 2.75) is 44.6 Å². The number of carbonyl (C=O) groups excluding carboxylic acids is 1. The van der Waals surface area contributed by atoms with E-state index in [0.717, 1.165) is 59.3 Å². The molecule has 4 rings (SSSR count). The van der Waals surface area contributed by atoms with E-state index in [1.807, 2.05) is 18.2 Å². The maximum absolute atomic E-state index is 14.1. The van der Waals surface area contributed by atoms with Crippen LogP contribution in [-0.2, 0) is 11.2 Å². The van der Waals surface area contributed by atoms with Crippen molar-refractivity contribution in [3.8, 4) is 16.9 Å². The molecule has 5 nitrogen and oxygen atoms in total. The fourth-order valence-electron chi connectivity index (χ4n) is 4.80. The number of phenolic OH excluding ortho intramolecular Hbond substituents is 1. The number of aromatic nitrogens is 1. The number of aldehydes is 1. The minimum atomic E-state index is -0.764. The van der Waals surface area contributed by atoms with E-state index in [1.54, 1.807) is 12.3 Å². The second kappa shape index (κ2) is 10.7. The van der Waals surface area contributed by atoms with Crippen LogP contribution in [0.3, 0.4) is 0 Å². The smallest absolute Gasteiger partial charge is 0.170 e. The Balaban J connectivity index is 1.64. The zero-order chi connectivity index (χ0) is 24.2. The van der Waals surface area contributed by atoms with E-state index >= 15 is 0 Å². The lowest BCUT2D eigenvalue weighted by molar-refractivity contribution is -0.107. The number of nitrogens with zero attached hydrogens (tertiary/aromatic N) is 2. The topological polar surface area (TPSA) is 65.5 Å². The van der Waals surface area contributed by atoms with Crippen LogP contribution in [0.5, 0.6) is 5.75 Å². The molecule has 7 heteroatoms. The summed E-state index contributed by atoms with van der Waals surface area (Å²) in [5.41, 5.74) is 3.89. The number of nitrogens with one attached hydrogen (secondary N) is 1. The highest BCUT2D eigenvalue weighted by Gasteiger charge is 2.23. The Bertz CT molecular complexity index is 1150. The number of benzene rings is 2. The summed E-state index contributed by atoms with van der Waals surface area (Å²) in [4.78, 5) is 18.2. The Morgan fingerprint density at radius 3 is 2.62 bits per heavy atom. The fourth-order valence-corrected chi connectivity index (χ4v) is 5.01. The van der Waals surface area contributed by atoms with Crippen molar-refractivity contribution >= 4 is 34.5 Å². The van der Waals surface area contributed by atoms with Gasteiger partial charge in [0.25, 0.3) is 0 Å². The van der Waals surface area contributed by atoms with Gasteiger partial charge in [0.1, 0.15) is 6.29 Å². The summed E-state index contributed by atoms with van der Waals surface area (Å²) in [7, 11) is 4.23. The second-order valence-electron chi connectivity index (χ2n) is 9.50. The SMILES string of the molecule is CN(C)CCC1CCC(Nc2c(CC=O)cnc3ccc(-c4cc(F)c(O)c(Cl)c4)cc23)CC1. The molecule has 3 aromatic rings. The van der Waals surface area contributed by atoms with E-state index in [9.17, 15) is 14.3 Å². The summed E-state index contributed by atoms with van der Waals surface area (Å²) in [6, 6.07) is 8.84. The molecule has 0 unspecified atom stereocenters. The van der Waals surface area contributed by atoms with Crippen LogP contribution in [0.25, 0.3) is 22.0 Å². The third-order valence-corrected chi connectivity index (χ3v) is 7.07. The van der Waals surface area contributed by atoms with Crippen LogP contribution >= 0.6 is 11.6 Å². The van der Waals surface area contributed by atoms with Crippen LogP contribution in [0.4, 0.5) is 10.1 Å². The minimum absolute atomic E-state index is 0.0349. The van der Waals surface area contributed by atoms with Gasteiger partial charge in [-0.05, 0) is 94.1 Å². The number of fused-ring (bicyclic) bond motifs is 1. The number of anilines is 1. The number of carbonyl (C=O) groups is 1. The number of hydrogen-bond acceptors (Lipinski definition) is 5. The summed E-state index contributed by atoms with van der Waals surface area (Å²) < 4.78 is 14.1. The Morgan fingerprint density at radius 1 is 1.18 bits per heavy atom. The van der Waals surface area contributed by atoms with Crippen LogP contribution in [0.15, 0.2) is 36.5 Å². The normalized spacial score (nSPS) is 18.4. The summed E-state index contributed by atoms with van der Waals surface area (Å²) in [5, 5.41) is 14.3. The molecule has 34 heavy (non-hydrogen) atoms. The van der Waals surface area contributed by atoms with Crippen molar-refractivity contribution in [3.05, 3.63) is 52.9 Å². The van der Waals surface area contributed by atoms with E-state index in [-0.39, 0.29) is 11.4 Å². The lowest BCUT2D eigenvalue weighted by Gasteiger charge is -2.31. The van der Waals surface area contributed by atoms with E-state index in [4.69, 9.17) is 11.6 Å². The second-order valence-corrected chi connectivity index (χ2v) is 9.91. The van der Waals surface area contributed by atoms with Gasteiger partial charge in [0.05, 0.1) is 10.5 Å². The summed E-state index contributed by atoms with van der Waals surface area (Å²) in [6.45, 7) is 1.12. The molecule has 2 N–H and O–H groups in total. The zero-order valence-corrected chi connectivity index (χ0v) is 20.4. The van der Waals surface area contributed by atoms with E-state index in [1.165, 1.54) is 25.3 Å². The highest BCUT2D eigenvalue weighted by atomic mass is 35.5. The van der Waals surface area contributed by atoms with E-state index in [2.05, 4.69) is 29.3 Å². The molecule has 1 aromatic heterocycles. The quantitative estimate of drug-likeness (QED) is 0.381. The van der Waals surface area contributed by atoms with Crippen LogP contribution in [0.2, 0.25) is 5.02 Å². The van der Waals surface area contributed by atoms with Gasteiger partial charge in [-0.25, -0.2) is 4.39 Å². The number of phenols is 1. The van der Waals surface area contributed by atoms with Crippen molar-refractivity contribution in [3.63, 3.8) is 0 Å². The maximum Gasteiger partial charge on any atom is 0.170 e. The molecule has 0 amide bonds. The van der Waals surface area contributed by atoms with Crippen molar-refractivity contribution in [2.75, 3.05) is 26.0 Å². The standard InChI is InChI=1S/C27H31ClFN3O2/c1-32(2)11-9-17-3-6-21(7-4-17)31-26-19(10-12-33)16-30-25-8-5-18(13-22(25)26)20-14-23(28)27(34)24(29)15-20/h5,8,12-17,21,34H,3-4,6-7,9-11H2,1-2H3,(H,30,31). The highest BCUT2D eigenvalue weighted by Crippen LogP contribution is 2.37. The van der Waals surface area contributed by atoms with Crippen molar-refractivity contribution in [1.82, 2.24) is 9.88 Å². The summed E-state index contributed by atoms with van der Waals surface area (Å²) >= 11 is 6.01. The number of rotatable bonds is 8. The minimum Gasteiger partial charge on any atom is -0.504 e. The van der Waals surface area contributed by atoms with Crippen LogP contribution in [-0.4, -0.2) is 48.0 Å². The zero-order valence-electron chi connectivity index (χ0n) is 19.7. The third kappa shape index (κ3) is 5.50. The Hall–Kier alpha value is -2.70. The lowest BCUT2D eigenvalue weighted by atomic mass is 9.83. The molecule has 180 valence electrons. The first-order chi connectivity index (χ1) is 16.4. The van der Waals surface area contributed by atoms with Gasteiger partial charge in [-0.3, -0.25) is 4.98 Å². The van der Waals surface area contributed by atoms with Gasteiger partial charge >= 0.3 is 0 Å². The lowest BCUT2D eigenvalue weighted by Crippen LogP contribution is -2.28. The van der Waals surface area contributed by atoms with Crippen molar-refractivity contribution < 1.29 is 14.3 Å². The molecule has 1 aliphatic rings. The molecule has 0 aliphatic heterocycles. The molecular weight excluding hydrogens is 453 g/mol. The van der Waals surface area contributed by atoms with Gasteiger partial charge in [-0.2, -0.15) is 0 Å². The van der Waals surface area contributed by atoms with E-state index < -0.39 is 11.6 Å². The molecule has 1 saturated carbocycles. The first-order valence-electron chi connectivity index (χ1n) is 11.8.